The van der Waals surface area contributed by atoms with Gasteiger partial charge in [0.25, 0.3) is 0 Å². The summed E-state index contributed by atoms with van der Waals surface area (Å²) >= 11 is 0. The standard InChI is InChI=1S/C32H37NO9/c1-16(2)7-8-20-14-19(9-12-24(20)34)17(3)13-23-26(35)22-11-10-21(15-25(22)40-29(23)37)39-30-27(36)28(41-31(33)38)18(4)32(5,6)42-30/h7,9-12,14-15,18,27-28,30,34-36H,3,8,13H2,1-2,4-6H3,(H2,33,38)/t18-,27+,28-,30?/m1/s1. The van der Waals surface area contributed by atoms with E-state index < -0.39 is 41.7 Å². The lowest BCUT2D eigenvalue weighted by molar-refractivity contribution is -0.283. The van der Waals surface area contributed by atoms with E-state index in [2.05, 4.69) is 6.58 Å². The van der Waals surface area contributed by atoms with E-state index in [9.17, 15) is 24.9 Å². The molecule has 1 aromatic heterocycles. The summed E-state index contributed by atoms with van der Waals surface area (Å²) in [5.74, 6) is -0.306. The van der Waals surface area contributed by atoms with Gasteiger partial charge in [0.05, 0.1) is 16.6 Å². The molecule has 224 valence electrons. The van der Waals surface area contributed by atoms with Gasteiger partial charge in [-0.3, -0.25) is 0 Å². The number of allylic oxidation sites excluding steroid dienone is 3. The Hall–Kier alpha value is -4.28. The second-order valence-electron chi connectivity index (χ2n) is 11.4. The molecule has 0 radical (unpaired) electrons. The van der Waals surface area contributed by atoms with E-state index in [1.54, 1.807) is 32.9 Å². The van der Waals surface area contributed by atoms with Crippen LogP contribution in [-0.2, 0) is 22.3 Å². The number of ether oxygens (including phenoxy) is 3. The Labute approximate surface area is 243 Å². The van der Waals surface area contributed by atoms with Crippen molar-refractivity contribution in [3.63, 3.8) is 0 Å². The van der Waals surface area contributed by atoms with E-state index in [-0.39, 0.29) is 40.2 Å². The highest BCUT2D eigenvalue weighted by Crippen LogP contribution is 2.38. The van der Waals surface area contributed by atoms with E-state index in [4.69, 9.17) is 24.4 Å². The largest absolute Gasteiger partial charge is 0.508 e. The molecule has 1 aliphatic heterocycles. The molecule has 1 unspecified atom stereocenters. The number of phenols is 1. The molecule has 4 rings (SSSR count). The van der Waals surface area contributed by atoms with Gasteiger partial charge < -0.3 is 39.7 Å². The SMILES string of the molecule is C=C(Cc1c(O)c2ccc(OC3OC(C)(C)[C@H](C)[C@@H](OC(N)=O)[C@@H]3O)cc2oc1=O)c1ccc(O)c(CC=C(C)C)c1. The fourth-order valence-corrected chi connectivity index (χ4v) is 4.89. The summed E-state index contributed by atoms with van der Waals surface area (Å²) in [6.45, 7) is 13.3. The third kappa shape index (κ3) is 6.45. The van der Waals surface area contributed by atoms with E-state index in [0.717, 1.165) is 16.7 Å². The minimum Gasteiger partial charge on any atom is -0.508 e. The van der Waals surface area contributed by atoms with Crippen LogP contribution in [0.1, 0.15) is 51.3 Å². The third-order valence-corrected chi connectivity index (χ3v) is 7.68. The smallest absolute Gasteiger partial charge is 0.404 e. The molecular formula is C32H37NO9. The Morgan fingerprint density at radius 1 is 1.17 bits per heavy atom. The van der Waals surface area contributed by atoms with Crippen molar-refractivity contribution >= 4 is 22.6 Å². The summed E-state index contributed by atoms with van der Waals surface area (Å²) in [5.41, 5.74) is 6.81. The van der Waals surface area contributed by atoms with Crippen molar-refractivity contribution in [2.45, 2.75) is 71.6 Å². The number of aromatic hydroxyl groups is 2. The maximum Gasteiger partial charge on any atom is 0.404 e. The maximum atomic E-state index is 13.0. The Kier molecular flexibility index (Phi) is 8.70. The topological polar surface area (TPSA) is 162 Å². The van der Waals surface area contributed by atoms with Gasteiger partial charge in [-0.05, 0) is 75.1 Å². The van der Waals surface area contributed by atoms with Gasteiger partial charge in [0.1, 0.15) is 28.9 Å². The number of fused-ring (bicyclic) bond motifs is 1. The van der Waals surface area contributed by atoms with E-state index in [1.807, 2.05) is 26.0 Å². The lowest BCUT2D eigenvalue weighted by Crippen LogP contribution is -2.60. The van der Waals surface area contributed by atoms with Gasteiger partial charge in [-0.2, -0.15) is 0 Å². The van der Waals surface area contributed by atoms with Crippen molar-refractivity contribution in [3.8, 4) is 17.2 Å². The van der Waals surface area contributed by atoms with Gasteiger partial charge in [-0.25, -0.2) is 9.59 Å². The summed E-state index contributed by atoms with van der Waals surface area (Å²) in [7, 11) is 0. The molecule has 4 atom stereocenters. The highest BCUT2D eigenvalue weighted by atomic mass is 16.7. The Bertz CT molecular complexity index is 1600. The number of benzene rings is 2. The van der Waals surface area contributed by atoms with Gasteiger partial charge in [-0.15, -0.1) is 0 Å². The number of carbonyl (C=O) groups is 1. The van der Waals surface area contributed by atoms with Crippen LogP contribution >= 0.6 is 0 Å². The highest BCUT2D eigenvalue weighted by molar-refractivity contribution is 5.86. The van der Waals surface area contributed by atoms with Crippen LogP contribution in [0.5, 0.6) is 17.2 Å². The number of nitrogens with two attached hydrogens (primary N) is 1. The first-order chi connectivity index (χ1) is 19.7. The second-order valence-corrected chi connectivity index (χ2v) is 11.4. The maximum absolute atomic E-state index is 13.0. The molecule has 0 bridgehead atoms. The van der Waals surface area contributed by atoms with Crippen molar-refractivity contribution in [3.05, 3.63) is 81.7 Å². The zero-order valence-corrected chi connectivity index (χ0v) is 24.3. The predicted molar refractivity (Wildman–Crippen MR) is 157 cm³/mol. The number of aliphatic hydroxyl groups excluding tert-OH is 1. The summed E-state index contributed by atoms with van der Waals surface area (Å²) in [6, 6.07) is 9.54. The molecule has 0 spiro atoms. The van der Waals surface area contributed by atoms with Crippen LogP contribution in [0.2, 0.25) is 0 Å². The molecule has 1 fully saturated rings. The van der Waals surface area contributed by atoms with Crippen LogP contribution in [0.3, 0.4) is 0 Å². The van der Waals surface area contributed by atoms with Crippen molar-refractivity contribution in [2.75, 3.05) is 0 Å². The average molecular weight is 580 g/mol. The number of aliphatic hydroxyl groups is 1. The van der Waals surface area contributed by atoms with Gasteiger partial charge in [-0.1, -0.05) is 31.2 Å². The summed E-state index contributed by atoms with van der Waals surface area (Å²) in [6.07, 6.45) is -2.03. The summed E-state index contributed by atoms with van der Waals surface area (Å²) < 4.78 is 22.5. The molecule has 10 heteroatoms. The zero-order valence-electron chi connectivity index (χ0n) is 24.3. The molecule has 3 aromatic rings. The number of hydrogen-bond acceptors (Lipinski definition) is 9. The molecule has 2 aromatic carbocycles. The van der Waals surface area contributed by atoms with Crippen LogP contribution in [0.15, 0.2) is 63.8 Å². The van der Waals surface area contributed by atoms with Crippen molar-refractivity contribution < 1.29 is 38.7 Å². The predicted octanol–water partition coefficient (Wildman–Crippen LogP) is 4.94. The fraction of sp³-hybridized carbons (Fsp3) is 0.375. The molecule has 1 saturated heterocycles. The molecule has 0 aliphatic carbocycles. The zero-order chi connectivity index (χ0) is 30.9. The van der Waals surface area contributed by atoms with Crippen LogP contribution < -0.4 is 16.1 Å². The Balaban J connectivity index is 1.58. The first kappa shape index (κ1) is 30.7. The molecule has 5 N–H and O–H groups in total. The Morgan fingerprint density at radius 3 is 2.55 bits per heavy atom. The minimum atomic E-state index is -1.35. The minimum absolute atomic E-state index is 0.0197. The molecule has 10 nitrogen and oxygen atoms in total. The van der Waals surface area contributed by atoms with Crippen LogP contribution in [0.4, 0.5) is 4.79 Å². The van der Waals surface area contributed by atoms with Crippen LogP contribution in [-0.4, -0.2) is 45.5 Å². The van der Waals surface area contributed by atoms with Crippen LogP contribution in [0.25, 0.3) is 16.5 Å². The lowest BCUT2D eigenvalue weighted by atomic mass is 9.82. The van der Waals surface area contributed by atoms with Crippen molar-refractivity contribution in [1.82, 2.24) is 0 Å². The second kappa shape index (κ2) is 11.9. The van der Waals surface area contributed by atoms with Gasteiger partial charge >= 0.3 is 11.7 Å². The molecule has 42 heavy (non-hydrogen) atoms. The lowest BCUT2D eigenvalue weighted by Gasteiger charge is -2.47. The fourth-order valence-electron chi connectivity index (χ4n) is 4.89. The number of phenolic OH excluding ortho intramolecular Hbond substituents is 1. The quantitative estimate of drug-likeness (QED) is 0.214. The van der Waals surface area contributed by atoms with Gasteiger partial charge in [0.2, 0.25) is 6.29 Å². The highest BCUT2D eigenvalue weighted by Gasteiger charge is 2.50. The van der Waals surface area contributed by atoms with Gasteiger partial charge in [0, 0.05) is 18.4 Å². The summed E-state index contributed by atoms with van der Waals surface area (Å²) in [4.78, 5) is 24.4. The molecule has 1 aliphatic rings. The van der Waals surface area contributed by atoms with E-state index in [1.165, 1.54) is 18.2 Å². The first-order valence-electron chi connectivity index (χ1n) is 13.6. The molecular weight excluding hydrogens is 542 g/mol. The van der Waals surface area contributed by atoms with E-state index in [0.29, 0.717) is 12.0 Å². The summed E-state index contributed by atoms with van der Waals surface area (Å²) in [5, 5.41) is 32.4. The van der Waals surface area contributed by atoms with Crippen molar-refractivity contribution in [2.24, 2.45) is 11.7 Å². The monoisotopic (exact) mass is 579 g/mol. The third-order valence-electron chi connectivity index (χ3n) is 7.68. The Morgan fingerprint density at radius 2 is 1.88 bits per heavy atom. The number of hydrogen-bond donors (Lipinski definition) is 4. The number of primary amides is 1. The first-order valence-corrected chi connectivity index (χ1v) is 13.6. The van der Waals surface area contributed by atoms with Crippen LogP contribution in [0, 0.1) is 5.92 Å². The van der Waals surface area contributed by atoms with Crippen molar-refractivity contribution in [1.29, 1.82) is 0 Å². The van der Waals surface area contributed by atoms with Gasteiger partial charge in [0.15, 0.2) is 6.10 Å². The molecule has 2 heterocycles. The number of amides is 1. The van der Waals surface area contributed by atoms with E-state index >= 15 is 0 Å². The number of rotatable bonds is 8. The normalized spacial score (nSPS) is 21.5. The number of carbonyl (C=O) groups excluding carboxylic acids is 1. The molecule has 0 saturated carbocycles. The molecule has 1 amide bonds. The average Bonchev–Trinajstić information content (AvgIpc) is 2.91.